The first-order chi connectivity index (χ1) is 12.7. The van der Waals surface area contributed by atoms with Crippen LogP contribution in [0.2, 0.25) is 5.02 Å². The van der Waals surface area contributed by atoms with Gasteiger partial charge in [0.2, 0.25) is 0 Å². The number of alkyl halides is 3. The fourth-order valence-corrected chi connectivity index (χ4v) is 2.71. The third-order valence-corrected chi connectivity index (χ3v) is 4.04. The molecule has 0 radical (unpaired) electrons. The average molecular weight is 398 g/mol. The highest BCUT2D eigenvalue weighted by atomic mass is 35.5. The van der Waals surface area contributed by atoms with Gasteiger partial charge in [0, 0.05) is 5.02 Å². The maximum atomic E-state index is 13.8. The molecule has 0 saturated heterocycles. The summed E-state index contributed by atoms with van der Waals surface area (Å²) >= 11 is 5.63. The van der Waals surface area contributed by atoms with Crippen LogP contribution in [0.3, 0.4) is 0 Å². The van der Waals surface area contributed by atoms with Gasteiger partial charge in [-0.15, -0.1) is 0 Å². The average Bonchev–Trinajstić information content (AvgIpc) is 3.03. The zero-order chi connectivity index (χ0) is 19.8. The molecule has 27 heavy (non-hydrogen) atoms. The van der Waals surface area contributed by atoms with Crippen LogP contribution >= 0.6 is 11.6 Å². The molecule has 0 aliphatic heterocycles. The van der Waals surface area contributed by atoms with Crippen LogP contribution in [0.25, 0.3) is 5.69 Å². The molecular weight excluding hydrogens is 386 g/mol. The zero-order valence-electron chi connectivity index (χ0n) is 13.8. The van der Waals surface area contributed by atoms with Gasteiger partial charge in [-0.3, -0.25) is 4.79 Å². The van der Waals surface area contributed by atoms with E-state index in [-0.39, 0.29) is 16.4 Å². The van der Waals surface area contributed by atoms with E-state index in [4.69, 9.17) is 11.6 Å². The summed E-state index contributed by atoms with van der Waals surface area (Å²) in [7, 11) is 0. The monoisotopic (exact) mass is 397 g/mol. The van der Waals surface area contributed by atoms with Crippen molar-refractivity contribution in [3.63, 3.8) is 0 Å². The molecule has 0 aliphatic rings. The number of hydrogen-bond acceptors (Lipinski definition) is 2. The minimum Gasteiger partial charge on any atom is -0.319 e. The lowest BCUT2D eigenvalue weighted by Crippen LogP contribution is -2.21. The predicted molar refractivity (Wildman–Crippen MR) is 92.7 cm³/mol. The van der Waals surface area contributed by atoms with E-state index in [1.165, 1.54) is 12.1 Å². The molecule has 1 amide bonds. The van der Waals surface area contributed by atoms with Gasteiger partial charge in [-0.25, -0.2) is 9.07 Å². The number of para-hydroxylation sites is 1. The molecule has 1 heterocycles. The molecule has 3 aromatic rings. The molecular formula is C18H12ClF4N3O. The van der Waals surface area contributed by atoms with Gasteiger partial charge in [-0.1, -0.05) is 29.8 Å². The SMILES string of the molecule is Cc1ccccc1-n1ncc(C(=O)Nc2ccc(Cl)cc2F)c1C(F)(F)F. The highest BCUT2D eigenvalue weighted by molar-refractivity contribution is 6.30. The summed E-state index contributed by atoms with van der Waals surface area (Å²) in [6, 6.07) is 9.73. The molecule has 0 unspecified atom stereocenters. The van der Waals surface area contributed by atoms with E-state index < -0.39 is 29.2 Å². The number of halogens is 5. The number of aromatic nitrogens is 2. The zero-order valence-corrected chi connectivity index (χ0v) is 14.6. The van der Waals surface area contributed by atoms with Gasteiger partial charge in [-0.05, 0) is 36.8 Å². The Labute approximate surface area is 156 Å². The Kier molecular flexibility index (Phi) is 4.93. The molecule has 0 fully saturated rings. The Balaban J connectivity index is 2.06. The van der Waals surface area contributed by atoms with Crippen LogP contribution in [0.15, 0.2) is 48.7 Å². The fourth-order valence-electron chi connectivity index (χ4n) is 2.55. The quantitative estimate of drug-likeness (QED) is 0.614. The Morgan fingerprint density at radius 1 is 1.19 bits per heavy atom. The first-order valence-corrected chi connectivity index (χ1v) is 8.04. The molecule has 2 aromatic carbocycles. The lowest BCUT2D eigenvalue weighted by atomic mass is 10.1. The van der Waals surface area contributed by atoms with Crippen LogP contribution in [-0.4, -0.2) is 15.7 Å². The Morgan fingerprint density at radius 3 is 2.52 bits per heavy atom. The van der Waals surface area contributed by atoms with Gasteiger partial charge in [0.25, 0.3) is 5.91 Å². The molecule has 0 aliphatic carbocycles. The van der Waals surface area contributed by atoms with Crippen molar-refractivity contribution in [1.29, 1.82) is 0 Å². The molecule has 3 rings (SSSR count). The maximum Gasteiger partial charge on any atom is 0.434 e. The van der Waals surface area contributed by atoms with Crippen molar-refractivity contribution >= 4 is 23.2 Å². The van der Waals surface area contributed by atoms with Gasteiger partial charge in [0.1, 0.15) is 5.82 Å². The lowest BCUT2D eigenvalue weighted by Gasteiger charge is -2.14. The molecule has 1 N–H and O–H groups in total. The number of amides is 1. The standard InChI is InChI=1S/C18H12ClF4N3O/c1-10-4-2-3-5-15(10)26-16(18(21,22)23)12(9-24-26)17(27)25-14-7-6-11(19)8-13(14)20/h2-9H,1H3,(H,25,27). The maximum absolute atomic E-state index is 13.8. The second-order valence-electron chi connectivity index (χ2n) is 5.68. The predicted octanol–water partition coefficient (Wildman–Crippen LogP) is 5.24. The molecule has 0 spiro atoms. The van der Waals surface area contributed by atoms with Crippen LogP contribution in [-0.2, 0) is 6.18 Å². The number of anilines is 1. The topological polar surface area (TPSA) is 46.9 Å². The van der Waals surface area contributed by atoms with Crippen LogP contribution in [0, 0.1) is 12.7 Å². The number of rotatable bonds is 3. The molecule has 140 valence electrons. The van der Waals surface area contributed by atoms with Crippen LogP contribution in [0.4, 0.5) is 23.2 Å². The minimum absolute atomic E-state index is 0.0915. The van der Waals surface area contributed by atoms with E-state index in [1.54, 1.807) is 25.1 Å². The summed E-state index contributed by atoms with van der Waals surface area (Å²) in [6.07, 6.45) is -4.05. The minimum atomic E-state index is -4.86. The summed E-state index contributed by atoms with van der Waals surface area (Å²) in [4.78, 5) is 12.4. The number of hydrogen-bond donors (Lipinski definition) is 1. The van der Waals surface area contributed by atoms with E-state index in [0.29, 0.717) is 10.2 Å². The molecule has 0 bridgehead atoms. The summed E-state index contributed by atoms with van der Waals surface area (Å²) in [6.45, 7) is 1.62. The molecule has 4 nitrogen and oxygen atoms in total. The van der Waals surface area contributed by atoms with Crippen molar-refractivity contribution in [3.05, 3.63) is 76.3 Å². The summed E-state index contributed by atoms with van der Waals surface area (Å²) in [5, 5.41) is 5.95. The van der Waals surface area contributed by atoms with Gasteiger partial charge in [0.15, 0.2) is 5.69 Å². The smallest absolute Gasteiger partial charge is 0.319 e. The Hall–Kier alpha value is -2.87. The van der Waals surface area contributed by atoms with Gasteiger partial charge in [0.05, 0.1) is 23.1 Å². The number of carbonyl (C=O) groups excluding carboxylic acids is 1. The summed E-state index contributed by atoms with van der Waals surface area (Å²) in [5.74, 6) is -2.00. The van der Waals surface area contributed by atoms with Gasteiger partial charge < -0.3 is 5.32 Å². The van der Waals surface area contributed by atoms with E-state index >= 15 is 0 Å². The van der Waals surface area contributed by atoms with E-state index in [2.05, 4.69) is 10.4 Å². The van der Waals surface area contributed by atoms with E-state index in [1.807, 2.05) is 0 Å². The summed E-state index contributed by atoms with van der Waals surface area (Å²) in [5.41, 5.74) is -1.53. The first kappa shape index (κ1) is 18.9. The third kappa shape index (κ3) is 3.80. The number of benzene rings is 2. The highest BCUT2D eigenvalue weighted by Crippen LogP contribution is 2.34. The largest absolute Gasteiger partial charge is 0.434 e. The van der Waals surface area contributed by atoms with Crippen LogP contribution < -0.4 is 5.32 Å². The van der Waals surface area contributed by atoms with Crippen molar-refractivity contribution < 1.29 is 22.4 Å². The molecule has 0 atom stereocenters. The van der Waals surface area contributed by atoms with Gasteiger partial charge in [-0.2, -0.15) is 18.3 Å². The van der Waals surface area contributed by atoms with E-state index in [9.17, 15) is 22.4 Å². The number of aryl methyl sites for hydroxylation is 1. The normalized spacial score (nSPS) is 11.5. The van der Waals surface area contributed by atoms with Crippen LogP contribution in [0.5, 0.6) is 0 Å². The van der Waals surface area contributed by atoms with Crippen molar-refractivity contribution in [1.82, 2.24) is 9.78 Å². The lowest BCUT2D eigenvalue weighted by molar-refractivity contribution is -0.143. The highest BCUT2D eigenvalue weighted by Gasteiger charge is 2.40. The molecule has 9 heteroatoms. The second kappa shape index (κ2) is 7.03. The fraction of sp³-hybridized carbons (Fsp3) is 0.111. The van der Waals surface area contributed by atoms with Gasteiger partial charge >= 0.3 is 6.18 Å². The summed E-state index contributed by atoms with van der Waals surface area (Å²) < 4.78 is 55.5. The van der Waals surface area contributed by atoms with Crippen molar-refractivity contribution in [3.8, 4) is 5.69 Å². The van der Waals surface area contributed by atoms with E-state index in [0.717, 1.165) is 18.3 Å². The van der Waals surface area contributed by atoms with Crippen molar-refractivity contribution in [2.45, 2.75) is 13.1 Å². The number of carbonyl (C=O) groups is 1. The molecule has 0 saturated carbocycles. The Morgan fingerprint density at radius 2 is 1.89 bits per heavy atom. The first-order valence-electron chi connectivity index (χ1n) is 7.66. The van der Waals surface area contributed by atoms with Crippen LogP contribution in [0.1, 0.15) is 21.6 Å². The van der Waals surface area contributed by atoms with Crippen molar-refractivity contribution in [2.75, 3.05) is 5.32 Å². The number of nitrogens with one attached hydrogen (secondary N) is 1. The Bertz CT molecular complexity index is 1010. The van der Waals surface area contributed by atoms with Crippen molar-refractivity contribution in [2.24, 2.45) is 0 Å². The number of nitrogens with zero attached hydrogens (tertiary/aromatic N) is 2. The molecule has 1 aromatic heterocycles. The second-order valence-corrected chi connectivity index (χ2v) is 6.12. The third-order valence-electron chi connectivity index (χ3n) is 3.81.